The van der Waals surface area contributed by atoms with Crippen LogP contribution in [0.5, 0.6) is 0 Å². The summed E-state index contributed by atoms with van der Waals surface area (Å²) < 4.78 is 13.3. The van der Waals surface area contributed by atoms with Crippen LogP contribution >= 0.6 is 0 Å². The molecule has 2 fully saturated rings. The predicted octanol–water partition coefficient (Wildman–Crippen LogP) is 5.87. The number of nitrogens with one attached hydrogen (secondary N) is 2. The molecule has 0 saturated carbocycles. The van der Waals surface area contributed by atoms with Gasteiger partial charge < -0.3 is 30.1 Å². The van der Waals surface area contributed by atoms with Crippen molar-refractivity contribution in [2.45, 2.75) is 96.7 Å². The highest BCUT2D eigenvalue weighted by molar-refractivity contribution is 5.90. The minimum atomic E-state index is -0.517. The highest BCUT2D eigenvalue weighted by atomic mass is 16.7. The number of aliphatic hydroxyl groups is 1. The number of amides is 2. The van der Waals surface area contributed by atoms with Gasteiger partial charge in [0.1, 0.15) is 0 Å². The Bertz CT molecular complexity index is 1100. The molecular formula is C34H49N3O5. The molecule has 0 radical (unpaired) electrons. The molecule has 230 valence electrons. The number of unbranched alkanes of at least 4 members (excludes halogenated alkanes) is 2. The predicted molar refractivity (Wildman–Crippen MR) is 165 cm³/mol. The van der Waals surface area contributed by atoms with Gasteiger partial charge in [-0.25, -0.2) is 0 Å². The van der Waals surface area contributed by atoms with Crippen molar-refractivity contribution < 1.29 is 24.2 Å². The van der Waals surface area contributed by atoms with Crippen molar-refractivity contribution in [1.82, 2.24) is 10.2 Å². The minimum absolute atomic E-state index is 0.00993. The maximum atomic E-state index is 12.4. The van der Waals surface area contributed by atoms with Gasteiger partial charge in [0.05, 0.1) is 18.8 Å². The molecule has 2 aliphatic rings. The molecule has 2 saturated heterocycles. The number of hydrogen-bond donors (Lipinski definition) is 3. The van der Waals surface area contributed by atoms with E-state index in [1.54, 1.807) is 0 Å². The van der Waals surface area contributed by atoms with Gasteiger partial charge >= 0.3 is 0 Å². The number of rotatable bonds is 12. The van der Waals surface area contributed by atoms with E-state index in [9.17, 15) is 14.7 Å². The molecule has 4 rings (SSSR count). The van der Waals surface area contributed by atoms with Gasteiger partial charge in [-0.2, -0.15) is 0 Å². The molecule has 2 aliphatic heterocycles. The van der Waals surface area contributed by atoms with Gasteiger partial charge in [0.15, 0.2) is 6.29 Å². The van der Waals surface area contributed by atoms with Crippen molar-refractivity contribution in [3.63, 3.8) is 0 Å². The number of anilines is 1. The van der Waals surface area contributed by atoms with Crippen LogP contribution in [0.3, 0.4) is 0 Å². The van der Waals surface area contributed by atoms with E-state index in [0.717, 1.165) is 61.3 Å². The van der Waals surface area contributed by atoms with Crippen molar-refractivity contribution in [2.75, 3.05) is 31.5 Å². The molecule has 2 heterocycles. The topological polar surface area (TPSA) is 100 Å². The molecule has 42 heavy (non-hydrogen) atoms. The molecule has 2 aromatic rings. The van der Waals surface area contributed by atoms with Crippen LogP contribution in [0, 0.1) is 5.92 Å². The van der Waals surface area contributed by atoms with E-state index < -0.39 is 6.29 Å². The second kappa shape index (κ2) is 16.8. The summed E-state index contributed by atoms with van der Waals surface area (Å²) >= 11 is 0. The summed E-state index contributed by atoms with van der Waals surface area (Å²) in [6.07, 6.45) is 8.74. The van der Waals surface area contributed by atoms with E-state index in [0.29, 0.717) is 13.0 Å². The standard InChI is InChI=1S/C34H49N3O5/c1-25-31(23-37-21-9-4-3-5-10-22-37)41-34(42-33(25)28-14-12-27(24-38)13-15-28)29-16-18-30(19-17-29)36-32(40)11-7-6-8-20-35-26(2)39/h12-19,25,31,33-34,38H,3-11,20-24H2,1-2H3,(H,35,39)(H,36,40)/t25-,31+,33+,34+/m0/s1. The largest absolute Gasteiger partial charge is 0.392 e. The van der Waals surface area contributed by atoms with E-state index in [1.165, 1.54) is 39.0 Å². The van der Waals surface area contributed by atoms with Crippen LogP contribution in [0.25, 0.3) is 0 Å². The number of nitrogens with zero attached hydrogens (tertiary/aromatic N) is 1. The third-order valence-corrected chi connectivity index (χ3v) is 8.43. The lowest BCUT2D eigenvalue weighted by Gasteiger charge is -2.43. The molecule has 8 heteroatoms. The van der Waals surface area contributed by atoms with Gasteiger partial charge in [-0.3, -0.25) is 9.59 Å². The Morgan fingerprint density at radius 2 is 1.55 bits per heavy atom. The first kappa shape index (κ1) is 32.1. The number of likely N-dealkylation sites (tertiary alicyclic amines) is 1. The molecule has 0 aromatic heterocycles. The molecule has 4 atom stereocenters. The molecule has 2 amide bonds. The maximum absolute atomic E-state index is 12.4. The lowest BCUT2D eigenvalue weighted by atomic mass is 9.89. The normalized spacial score (nSPS) is 23.5. The lowest BCUT2D eigenvalue weighted by molar-refractivity contribution is -0.276. The van der Waals surface area contributed by atoms with E-state index in [-0.39, 0.29) is 36.5 Å². The first-order valence-electron chi connectivity index (χ1n) is 15.8. The minimum Gasteiger partial charge on any atom is -0.392 e. The summed E-state index contributed by atoms with van der Waals surface area (Å²) in [7, 11) is 0. The fourth-order valence-electron chi connectivity index (χ4n) is 5.88. The second-order valence-corrected chi connectivity index (χ2v) is 11.9. The molecule has 0 aliphatic carbocycles. The zero-order valence-electron chi connectivity index (χ0n) is 25.4. The third-order valence-electron chi connectivity index (χ3n) is 8.43. The van der Waals surface area contributed by atoms with Crippen LogP contribution in [0.15, 0.2) is 48.5 Å². The summed E-state index contributed by atoms with van der Waals surface area (Å²) in [6.45, 7) is 7.49. The highest BCUT2D eigenvalue weighted by Gasteiger charge is 2.39. The molecule has 3 N–H and O–H groups in total. The Morgan fingerprint density at radius 1 is 0.881 bits per heavy atom. The fraction of sp³-hybridized carbons (Fsp3) is 0.588. The van der Waals surface area contributed by atoms with Gasteiger partial charge in [0.2, 0.25) is 11.8 Å². The number of aliphatic hydroxyl groups excluding tert-OH is 1. The number of ether oxygens (including phenoxy) is 2. The van der Waals surface area contributed by atoms with Crippen LogP contribution in [-0.2, 0) is 25.7 Å². The number of carbonyl (C=O) groups is 2. The highest BCUT2D eigenvalue weighted by Crippen LogP contribution is 2.42. The van der Waals surface area contributed by atoms with Gasteiger partial charge in [-0.15, -0.1) is 0 Å². The second-order valence-electron chi connectivity index (χ2n) is 11.9. The fourth-order valence-corrected chi connectivity index (χ4v) is 5.88. The van der Waals surface area contributed by atoms with E-state index in [1.807, 2.05) is 36.4 Å². The zero-order valence-corrected chi connectivity index (χ0v) is 25.4. The van der Waals surface area contributed by atoms with Gasteiger partial charge in [0.25, 0.3) is 0 Å². The summed E-state index contributed by atoms with van der Waals surface area (Å²) in [5.41, 5.74) is 3.65. The Kier molecular flexibility index (Phi) is 12.8. The average molecular weight is 580 g/mol. The van der Waals surface area contributed by atoms with Crippen molar-refractivity contribution in [2.24, 2.45) is 5.92 Å². The average Bonchev–Trinajstić information content (AvgIpc) is 2.97. The Hall–Kier alpha value is -2.78. The molecule has 2 aromatic carbocycles. The maximum Gasteiger partial charge on any atom is 0.224 e. The van der Waals surface area contributed by atoms with Gasteiger partial charge in [-0.05, 0) is 62.0 Å². The lowest BCUT2D eigenvalue weighted by Crippen LogP contribution is -2.45. The Labute approximate surface area is 251 Å². The van der Waals surface area contributed by atoms with E-state index in [4.69, 9.17) is 9.47 Å². The SMILES string of the molecule is CC(=O)NCCCCCC(=O)Nc1ccc([C@@H]2O[C@H](CN3CCCCCCC3)[C@H](C)[C@H](c3ccc(CO)cc3)O2)cc1. The summed E-state index contributed by atoms with van der Waals surface area (Å²) in [5, 5.41) is 15.3. The van der Waals surface area contributed by atoms with Gasteiger partial charge in [0, 0.05) is 43.6 Å². The Balaban J connectivity index is 1.39. The summed E-state index contributed by atoms with van der Waals surface area (Å²) in [6, 6.07) is 15.8. The van der Waals surface area contributed by atoms with Crippen molar-refractivity contribution >= 4 is 17.5 Å². The monoisotopic (exact) mass is 579 g/mol. The van der Waals surface area contributed by atoms with Crippen LogP contribution in [-0.4, -0.2) is 54.1 Å². The van der Waals surface area contributed by atoms with E-state index in [2.05, 4.69) is 34.6 Å². The molecule has 0 bridgehead atoms. The first-order chi connectivity index (χ1) is 20.4. The quantitative estimate of drug-likeness (QED) is 0.272. The van der Waals surface area contributed by atoms with Gasteiger partial charge in [-0.1, -0.05) is 69.0 Å². The van der Waals surface area contributed by atoms with Crippen molar-refractivity contribution in [3.8, 4) is 0 Å². The van der Waals surface area contributed by atoms with Crippen LogP contribution in [0.1, 0.15) is 101 Å². The Morgan fingerprint density at radius 3 is 2.21 bits per heavy atom. The molecule has 0 unspecified atom stereocenters. The number of carbonyl (C=O) groups excluding carboxylic acids is 2. The summed E-state index contributed by atoms with van der Waals surface area (Å²) in [4.78, 5) is 26.0. The van der Waals surface area contributed by atoms with E-state index >= 15 is 0 Å². The number of benzene rings is 2. The van der Waals surface area contributed by atoms with Crippen molar-refractivity contribution in [3.05, 3.63) is 65.2 Å². The van der Waals surface area contributed by atoms with Crippen LogP contribution in [0.2, 0.25) is 0 Å². The van der Waals surface area contributed by atoms with Crippen molar-refractivity contribution in [1.29, 1.82) is 0 Å². The molecule has 8 nitrogen and oxygen atoms in total. The third kappa shape index (κ3) is 9.90. The first-order valence-corrected chi connectivity index (χ1v) is 15.8. The zero-order chi connectivity index (χ0) is 29.7. The smallest absolute Gasteiger partial charge is 0.224 e. The van der Waals surface area contributed by atoms with Crippen LogP contribution in [0.4, 0.5) is 5.69 Å². The summed E-state index contributed by atoms with van der Waals surface area (Å²) in [5.74, 6) is 0.120. The number of hydrogen-bond acceptors (Lipinski definition) is 6. The molecule has 0 spiro atoms. The molecular weight excluding hydrogens is 530 g/mol. The van der Waals surface area contributed by atoms with Crippen LogP contribution < -0.4 is 10.6 Å².